The van der Waals surface area contributed by atoms with Crippen LogP contribution in [0, 0.1) is 4.91 Å². The third kappa shape index (κ3) is 3.01. The van der Waals surface area contributed by atoms with Crippen LogP contribution in [0.1, 0.15) is 5.69 Å². The van der Waals surface area contributed by atoms with E-state index in [4.69, 9.17) is 0 Å². The fraction of sp³-hybridized carbons (Fsp3) is 0.0556. The van der Waals surface area contributed by atoms with Crippen molar-refractivity contribution in [2.24, 2.45) is 5.18 Å². The first-order valence-electron chi connectivity index (χ1n) is 8.03. The van der Waals surface area contributed by atoms with Crippen molar-refractivity contribution in [3.8, 4) is 22.8 Å². The summed E-state index contributed by atoms with van der Waals surface area (Å²) in [6.07, 6.45) is 3.24. The van der Waals surface area contributed by atoms with E-state index in [2.05, 4.69) is 30.7 Å². The van der Waals surface area contributed by atoms with E-state index in [9.17, 15) is 15.1 Å². The zero-order chi connectivity index (χ0) is 18.8. The molecule has 27 heavy (non-hydrogen) atoms. The molecule has 0 saturated heterocycles. The number of rotatable bonds is 5. The van der Waals surface area contributed by atoms with Crippen molar-refractivity contribution in [2.45, 2.75) is 6.54 Å². The lowest BCUT2D eigenvalue weighted by atomic mass is 10.0. The minimum atomic E-state index is -0.210. The first kappa shape index (κ1) is 16.5. The van der Waals surface area contributed by atoms with Crippen LogP contribution in [0.25, 0.3) is 22.3 Å². The Bertz CT molecular complexity index is 1120. The molecule has 9 nitrogen and oxygen atoms in total. The highest BCUT2D eigenvalue weighted by Crippen LogP contribution is 2.38. The summed E-state index contributed by atoms with van der Waals surface area (Å²) in [7, 11) is 0. The average molecular weight is 362 g/mol. The lowest BCUT2D eigenvalue weighted by molar-refractivity contribution is 0.474. The van der Waals surface area contributed by atoms with Crippen molar-refractivity contribution in [2.75, 3.05) is 5.32 Å². The topological polar surface area (TPSA) is 136 Å². The lowest BCUT2D eigenvalue weighted by Gasteiger charge is -2.11. The van der Waals surface area contributed by atoms with Gasteiger partial charge in [0.25, 0.3) is 0 Å². The molecule has 0 atom stereocenters. The number of hydrogen-bond donors (Lipinski definition) is 4. The third-order valence-corrected chi connectivity index (χ3v) is 4.05. The number of aromatic hydroxyl groups is 2. The van der Waals surface area contributed by atoms with Gasteiger partial charge in [0.15, 0.2) is 5.65 Å². The molecule has 0 bridgehead atoms. The highest BCUT2D eigenvalue weighted by Gasteiger charge is 2.21. The molecule has 3 heterocycles. The summed E-state index contributed by atoms with van der Waals surface area (Å²) in [5, 5.41) is 34.6. The Morgan fingerprint density at radius 3 is 2.67 bits per heavy atom. The van der Waals surface area contributed by atoms with Gasteiger partial charge >= 0.3 is 0 Å². The van der Waals surface area contributed by atoms with Crippen LogP contribution in [0.5, 0.6) is 11.5 Å². The van der Waals surface area contributed by atoms with E-state index in [1.165, 1.54) is 6.07 Å². The Balaban J connectivity index is 1.94. The highest BCUT2D eigenvalue weighted by molar-refractivity contribution is 6.04. The van der Waals surface area contributed by atoms with Crippen LogP contribution < -0.4 is 5.32 Å². The molecule has 0 unspecified atom stereocenters. The molecule has 4 aromatic rings. The van der Waals surface area contributed by atoms with Crippen molar-refractivity contribution in [1.82, 2.24) is 20.2 Å². The molecular weight excluding hydrogens is 348 g/mol. The molecule has 0 spiro atoms. The molecule has 0 radical (unpaired) electrons. The predicted molar refractivity (Wildman–Crippen MR) is 99.7 cm³/mol. The van der Waals surface area contributed by atoms with Gasteiger partial charge in [0.2, 0.25) is 0 Å². The van der Waals surface area contributed by atoms with E-state index in [1.54, 1.807) is 42.7 Å². The minimum Gasteiger partial charge on any atom is -0.508 e. The number of phenolic OH excluding ortho intramolecular Hbond substituents is 1. The van der Waals surface area contributed by atoms with Gasteiger partial charge in [-0.15, -0.1) is 5.10 Å². The normalized spacial score (nSPS) is 10.8. The quantitative estimate of drug-likeness (QED) is 0.315. The van der Waals surface area contributed by atoms with Crippen molar-refractivity contribution in [3.05, 3.63) is 59.4 Å². The number of hydrogen-bond acceptors (Lipinski definition) is 8. The standard InChI is InChI=1S/C18H14N6O3/c25-11-5-3-10(4-6-11)22-12-8-20-18-16(12)15(13(9-21-27)23-24-18)17-14(26)2-1-7-19-17/h1-8,22,25-26H,9H2,(H,20,24). The van der Waals surface area contributed by atoms with Gasteiger partial charge in [-0.1, -0.05) is 5.18 Å². The molecule has 4 N–H and O–H groups in total. The number of nitroso groups, excluding NO2 is 1. The van der Waals surface area contributed by atoms with E-state index in [1.807, 2.05) is 0 Å². The smallest absolute Gasteiger partial charge is 0.162 e. The molecule has 0 aliphatic rings. The van der Waals surface area contributed by atoms with Gasteiger partial charge in [-0.05, 0) is 36.4 Å². The number of H-pyrrole nitrogens is 1. The Morgan fingerprint density at radius 1 is 1.11 bits per heavy atom. The second-order valence-electron chi connectivity index (χ2n) is 5.78. The second kappa shape index (κ2) is 6.71. The zero-order valence-corrected chi connectivity index (χ0v) is 13.9. The third-order valence-electron chi connectivity index (χ3n) is 4.05. The Kier molecular flexibility index (Phi) is 4.09. The maximum atomic E-state index is 10.9. The maximum Gasteiger partial charge on any atom is 0.162 e. The second-order valence-corrected chi connectivity index (χ2v) is 5.78. The summed E-state index contributed by atoms with van der Waals surface area (Å²) in [4.78, 5) is 18.1. The van der Waals surface area contributed by atoms with Crippen LogP contribution in [0.3, 0.4) is 0 Å². The molecule has 3 aromatic heterocycles. The van der Waals surface area contributed by atoms with Crippen LogP contribution >= 0.6 is 0 Å². The predicted octanol–water partition coefficient (Wildman–Crippen LogP) is 3.44. The highest BCUT2D eigenvalue weighted by atomic mass is 16.3. The minimum absolute atomic E-state index is 0.0456. The molecule has 0 aliphatic carbocycles. The summed E-state index contributed by atoms with van der Waals surface area (Å²) in [5.41, 5.74) is 2.91. The summed E-state index contributed by atoms with van der Waals surface area (Å²) >= 11 is 0. The van der Waals surface area contributed by atoms with Gasteiger partial charge < -0.3 is 20.5 Å². The van der Waals surface area contributed by atoms with Crippen LogP contribution in [0.4, 0.5) is 11.4 Å². The maximum absolute atomic E-state index is 10.9. The number of nitrogens with zero attached hydrogens (tertiary/aromatic N) is 4. The first-order chi connectivity index (χ1) is 13.2. The fourth-order valence-corrected chi connectivity index (χ4v) is 2.86. The Morgan fingerprint density at radius 2 is 1.93 bits per heavy atom. The van der Waals surface area contributed by atoms with Crippen LogP contribution in [0.15, 0.2) is 54.0 Å². The van der Waals surface area contributed by atoms with E-state index in [0.29, 0.717) is 28.0 Å². The summed E-state index contributed by atoms with van der Waals surface area (Å²) in [6, 6.07) is 9.67. The monoisotopic (exact) mass is 362 g/mol. The molecule has 9 heteroatoms. The number of nitrogens with one attached hydrogen (secondary N) is 2. The van der Waals surface area contributed by atoms with Crippen LogP contribution in [-0.2, 0) is 6.54 Å². The lowest BCUT2D eigenvalue weighted by Crippen LogP contribution is -2.00. The SMILES string of the molecule is O=NCc1nnc2[nH]cc(Nc3ccc(O)cc3)c2c1-c1ncccc1O. The van der Waals surface area contributed by atoms with Crippen molar-refractivity contribution >= 4 is 22.4 Å². The van der Waals surface area contributed by atoms with E-state index in [0.717, 1.165) is 5.69 Å². The van der Waals surface area contributed by atoms with Gasteiger partial charge in [-0.25, -0.2) is 0 Å². The van der Waals surface area contributed by atoms with Crippen molar-refractivity contribution < 1.29 is 10.2 Å². The molecule has 0 amide bonds. The largest absolute Gasteiger partial charge is 0.508 e. The molecule has 0 saturated carbocycles. The van der Waals surface area contributed by atoms with Crippen LogP contribution in [0.2, 0.25) is 0 Å². The van der Waals surface area contributed by atoms with E-state index >= 15 is 0 Å². The number of aromatic nitrogens is 4. The molecule has 4 rings (SSSR count). The molecule has 0 aliphatic heterocycles. The molecular formula is C18H14N6O3. The average Bonchev–Trinajstić information content (AvgIpc) is 3.07. The van der Waals surface area contributed by atoms with Crippen LogP contribution in [-0.4, -0.2) is 30.4 Å². The summed E-state index contributed by atoms with van der Waals surface area (Å²) in [5.74, 6) is 0.111. The summed E-state index contributed by atoms with van der Waals surface area (Å²) in [6.45, 7) is -0.210. The number of pyridine rings is 1. The van der Waals surface area contributed by atoms with Gasteiger partial charge in [0.05, 0.1) is 16.8 Å². The number of aromatic amines is 1. The number of phenols is 1. The van der Waals surface area contributed by atoms with E-state index in [-0.39, 0.29) is 23.7 Å². The number of anilines is 2. The first-order valence-corrected chi connectivity index (χ1v) is 8.03. The van der Waals surface area contributed by atoms with Gasteiger partial charge in [-0.2, -0.15) is 10.0 Å². The van der Waals surface area contributed by atoms with Gasteiger partial charge in [0.1, 0.15) is 23.7 Å². The van der Waals surface area contributed by atoms with Crippen molar-refractivity contribution in [1.29, 1.82) is 0 Å². The van der Waals surface area contributed by atoms with Gasteiger partial charge in [0, 0.05) is 23.6 Å². The Labute approximate surface area is 152 Å². The number of benzene rings is 1. The Hall–Kier alpha value is -4.01. The molecule has 0 fully saturated rings. The molecule has 1 aromatic carbocycles. The van der Waals surface area contributed by atoms with E-state index < -0.39 is 0 Å². The van der Waals surface area contributed by atoms with Crippen molar-refractivity contribution in [3.63, 3.8) is 0 Å². The van der Waals surface area contributed by atoms with Gasteiger partial charge in [-0.3, -0.25) is 4.98 Å². The zero-order valence-electron chi connectivity index (χ0n) is 13.9. The molecule has 134 valence electrons. The summed E-state index contributed by atoms with van der Waals surface area (Å²) < 4.78 is 0. The fourth-order valence-electron chi connectivity index (χ4n) is 2.86. The number of fused-ring (bicyclic) bond motifs is 1.